The molecule has 0 aliphatic heterocycles. The lowest BCUT2D eigenvalue weighted by atomic mass is 10.2. The number of anilines is 1. The molecule has 1 aromatic carbocycles. The highest BCUT2D eigenvalue weighted by molar-refractivity contribution is 5.52. The smallest absolute Gasteiger partial charge is 0.178 e. The number of para-hydroxylation sites is 1. The molecule has 0 amide bonds. The van der Waals surface area contributed by atoms with Crippen LogP contribution in [0, 0.1) is 17.1 Å². The number of aromatic nitrogens is 1. The number of pyridine rings is 1. The quantitative estimate of drug-likeness (QED) is 0.839. The van der Waals surface area contributed by atoms with Gasteiger partial charge in [-0.1, -0.05) is 12.1 Å². The Bertz CT molecular complexity index is 587. The fourth-order valence-corrected chi connectivity index (χ4v) is 1.48. The fraction of sp³-hybridized carbons (Fsp3) is 0.0769. The number of rotatable bonds is 3. The number of ether oxygens (including phenoxy) is 1. The van der Waals surface area contributed by atoms with Gasteiger partial charge < -0.3 is 10.5 Å². The zero-order chi connectivity index (χ0) is 13.0. The second kappa shape index (κ2) is 5.15. The molecule has 18 heavy (non-hydrogen) atoms. The van der Waals surface area contributed by atoms with Crippen molar-refractivity contribution in [2.75, 3.05) is 5.73 Å². The van der Waals surface area contributed by atoms with Crippen LogP contribution in [0.5, 0.6) is 5.75 Å². The first-order valence-electron chi connectivity index (χ1n) is 5.23. The molecular weight excluding hydrogens is 233 g/mol. The topological polar surface area (TPSA) is 71.9 Å². The first-order valence-corrected chi connectivity index (χ1v) is 5.23. The minimum Gasteiger partial charge on any atom is -0.484 e. The van der Waals surface area contributed by atoms with Crippen LogP contribution >= 0.6 is 0 Å². The van der Waals surface area contributed by atoms with Gasteiger partial charge in [0.1, 0.15) is 18.4 Å². The van der Waals surface area contributed by atoms with E-state index in [1.807, 2.05) is 6.07 Å². The first-order chi connectivity index (χ1) is 8.72. The van der Waals surface area contributed by atoms with Crippen LogP contribution in [0.1, 0.15) is 11.3 Å². The number of nitrogens with two attached hydrogens (primary N) is 1. The molecule has 90 valence electrons. The summed E-state index contributed by atoms with van der Waals surface area (Å²) in [5.41, 5.74) is 6.67. The highest BCUT2D eigenvalue weighted by Gasteiger charge is 2.09. The van der Waals surface area contributed by atoms with Crippen LogP contribution in [-0.2, 0) is 6.61 Å². The number of benzene rings is 1. The van der Waals surface area contributed by atoms with Crippen molar-refractivity contribution in [1.29, 1.82) is 5.26 Å². The average Bonchev–Trinajstić information content (AvgIpc) is 2.38. The summed E-state index contributed by atoms with van der Waals surface area (Å²) >= 11 is 0. The van der Waals surface area contributed by atoms with E-state index >= 15 is 0 Å². The lowest BCUT2D eigenvalue weighted by Crippen LogP contribution is -2.03. The molecule has 5 heteroatoms. The highest BCUT2D eigenvalue weighted by Crippen LogP contribution is 2.25. The molecule has 2 rings (SSSR count). The van der Waals surface area contributed by atoms with Gasteiger partial charge >= 0.3 is 0 Å². The molecular formula is C13H10FN3O. The molecule has 4 nitrogen and oxygen atoms in total. The minimum atomic E-state index is -0.530. The number of nitriles is 1. The molecule has 0 atom stereocenters. The van der Waals surface area contributed by atoms with Gasteiger partial charge in [0.25, 0.3) is 0 Å². The zero-order valence-electron chi connectivity index (χ0n) is 9.43. The third-order valence-electron chi connectivity index (χ3n) is 2.37. The molecule has 0 saturated carbocycles. The Morgan fingerprint density at radius 1 is 1.33 bits per heavy atom. The van der Waals surface area contributed by atoms with Gasteiger partial charge in [-0.25, -0.2) is 9.37 Å². The van der Waals surface area contributed by atoms with Gasteiger partial charge in [-0.2, -0.15) is 5.26 Å². The minimum absolute atomic E-state index is 0.00903. The standard InChI is InChI=1S/C13H10FN3O/c14-10-4-1-5-11(16)13(10)18-8-9-3-2-6-17-12(9)7-15/h1-6H,8,16H2. The third kappa shape index (κ3) is 2.38. The van der Waals surface area contributed by atoms with Crippen molar-refractivity contribution in [1.82, 2.24) is 4.98 Å². The molecule has 1 heterocycles. The SMILES string of the molecule is N#Cc1ncccc1COc1c(N)cccc1F. The van der Waals surface area contributed by atoms with Gasteiger partial charge in [0, 0.05) is 11.8 Å². The monoisotopic (exact) mass is 243 g/mol. The summed E-state index contributed by atoms with van der Waals surface area (Å²) in [6.45, 7) is 0.0435. The van der Waals surface area contributed by atoms with Crippen molar-refractivity contribution >= 4 is 5.69 Å². The maximum atomic E-state index is 13.4. The Morgan fingerprint density at radius 3 is 2.89 bits per heavy atom. The summed E-state index contributed by atoms with van der Waals surface area (Å²) in [5.74, 6) is -0.539. The van der Waals surface area contributed by atoms with E-state index in [1.165, 1.54) is 18.3 Å². The Hall–Kier alpha value is -2.61. The molecule has 0 aliphatic carbocycles. The summed E-state index contributed by atoms with van der Waals surface area (Å²) in [4.78, 5) is 3.89. The summed E-state index contributed by atoms with van der Waals surface area (Å²) in [6.07, 6.45) is 1.51. The van der Waals surface area contributed by atoms with Crippen molar-refractivity contribution in [3.63, 3.8) is 0 Å². The molecule has 0 radical (unpaired) electrons. The van der Waals surface area contributed by atoms with E-state index in [2.05, 4.69) is 4.98 Å². The van der Waals surface area contributed by atoms with E-state index in [9.17, 15) is 4.39 Å². The summed E-state index contributed by atoms with van der Waals surface area (Å²) < 4.78 is 18.8. The fourth-order valence-electron chi connectivity index (χ4n) is 1.48. The number of hydrogen-bond donors (Lipinski definition) is 1. The largest absolute Gasteiger partial charge is 0.484 e. The van der Waals surface area contributed by atoms with Crippen molar-refractivity contribution in [2.24, 2.45) is 0 Å². The van der Waals surface area contributed by atoms with E-state index < -0.39 is 5.82 Å². The van der Waals surface area contributed by atoms with Crippen LogP contribution in [0.3, 0.4) is 0 Å². The average molecular weight is 243 g/mol. The molecule has 0 spiro atoms. The van der Waals surface area contributed by atoms with Crippen molar-refractivity contribution in [3.8, 4) is 11.8 Å². The summed E-state index contributed by atoms with van der Waals surface area (Å²) in [5, 5.41) is 8.86. The van der Waals surface area contributed by atoms with Crippen molar-refractivity contribution in [2.45, 2.75) is 6.61 Å². The Kier molecular flexibility index (Phi) is 3.39. The zero-order valence-corrected chi connectivity index (χ0v) is 9.43. The lowest BCUT2D eigenvalue weighted by molar-refractivity contribution is 0.291. The van der Waals surface area contributed by atoms with Crippen LogP contribution in [-0.4, -0.2) is 4.98 Å². The van der Waals surface area contributed by atoms with Crippen molar-refractivity contribution in [3.05, 3.63) is 53.6 Å². The maximum Gasteiger partial charge on any atom is 0.178 e. The van der Waals surface area contributed by atoms with Crippen LogP contribution in [0.2, 0.25) is 0 Å². The van der Waals surface area contributed by atoms with Gasteiger partial charge in [0.15, 0.2) is 11.6 Å². The number of nitrogen functional groups attached to an aromatic ring is 1. The molecule has 0 saturated heterocycles. The number of nitrogens with zero attached hydrogens (tertiary/aromatic N) is 2. The van der Waals surface area contributed by atoms with Gasteiger partial charge in [0.05, 0.1) is 5.69 Å². The third-order valence-corrected chi connectivity index (χ3v) is 2.37. The molecule has 0 aliphatic rings. The van der Waals surface area contributed by atoms with E-state index in [1.54, 1.807) is 18.2 Å². The molecule has 0 unspecified atom stereocenters. The summed E-state index contributed by atoms with van der Waals surface area (Å²) in [7, 11) is 0. The second-order valence-electron chi connectivity index (χ2n) is 3.57. The highest BCUT2D eigenvalue weighted by atomic mass is 19.1. The van der Waals surface area contributed by atoms with E-state index in [0.29, 0.717) is 5.56 Å². The van der Waals surface area contributed by atoms with Gasteiger partial charge in [-0.15, -0.1) is 0 Å². The predicted octanol–water partition coefficient (Wildman–Crippen LogP) is 2.25. The molecule has 2 N–H and O–H groups in total. The molecule has 1 aromatic heterocycles. The van der Waals surface area contributed by atoms with Crippen LogP contribution in [0.25, 0.3) is 0 Å². The first kappa shape index (κ1) is 11.9. The Labute approximate surface area is 103 Å². The summed E-state index contributed by atoms with van der Waals surface area (Å²) in [6, 6.07) is 9.64. The molecule has 0 fully saturated rings. The second-order valence-corrected chi connectivity index (χ2v) is 3.57. The van der Waals surface area contributed by atoms with Gasteiger partial charge in [-0.05, 0) is 18.2 Å². The molecule has 2 aromatic rings. The molecule has 0 bridgehead atoms. The van der Waals surface area contributed by atoms with Gasteiger partial charge in [0.2, 0.25) is 0 Å². The van der Waals surface area contributed by atoms with Crippen molar-refractivity contribution < 1.29 is 9.13 Å². The Morgan fingerprint density at radius 2 is 2.17 bits per heavy atom. The van der Waals surface area contributed by atoms with Gasteiger partial charge in [-0.3, -0.25) is 0 Å². The van der Waals surface area contributed by atoms with Crippen LogP contribution < -0.4 is 10.5 Å². The van der Waals surface area contributed by atoms with Crippen LogP contribution in [0.15, 0.2) is 36.5 Å². The van der Waals surface area contributed by atoms with Crippen LogP contribution in [0.4, 0.5) is 10.1 Å². The predicted molar refractivity (Wildman–Crippen MR) is 64.1 cm³/mol. The maximum absolute atomic E-state index is 13.4. The number of hydrogen-bond acceptors (Lipinski definition) is 4. The Balaban J connectivity index is 2.20. The number of halogens is 1. The lowest BCUT2D eigenvalue weighted by Gasteiger charge is -2.10. The normalized spacial score (nSPS) is 9.78. The van der Waals surface area contributed by atoms with E-state index in [0.717, 1.165) is 0 Å². The van der Waals surface area contributed by atoms with E-state index in [-0.39, 0.29) is 23.7 Å². The van der Waals surface area contributed by atoms with E-state index in [4.69, 9.17) is 15.7 Å².